The molecule has 0 spiro atoms. The van der Waals surface area contributed by atoms with Crippen LogP contribution >= 0.6 is 11.5 Å². The molecule has 2 heteroatoms. The SMILES string of the molecule is ClB1C=CCC=C1. The van der Waals surface area contributed by atoms with Crippen molar-refractivity contribution in [1.82, 2.24) is 0 Å². The highest BCUT2D eigenvalue weighted by molar-refractivity contribution is 7.12. The summed E-state index contributed by atoms with van der Waals surface area (Å²) < 4.78 is 0. The monoisotopic (exact) mass is 112 g/mol. The van der Waals surface area contributed by atoms with Gasteiger partial charge in [0.05, 0.1) is 0 Å². The zero-order chi connectivity index (χ0) is 5.11. The van der Waals surface area contributed by atoms with Crippen molar-refractivity contribution in [2.45, 2.75) is 6.42 Å². The van der Waals surface area contributed by atoms with Gasteiger partial charge in [-0.1, -0.05) is 24.1 Å². The van der Waals surface area contributed by atoms with Crippen LogP contribution in [0.1, 0.15) is 6.42 Å². The maximum Gasteiger partial charge on any atom is 0.300 e. The zero-order valence-corrected chi connectivity index (χ0v) is 4.73. The highest BCUT2D eigenvalue weighted by atomic mass is 35.5. The molecule has 0 unspecified atom stereocenters. The maximum absolute atomic E-state index is 5.64. The van der Waals surface area contributed by atoms with E-state index < -0.39 is 0 Å². The molecular weight excluding hydrogens is 106 g/mol. The van der Waals surface area contributed by atoms with E-state index in [4.69, 9.17) is 11.5 Å². The van der Waals surface area contributed by atoms with Crippen LogP contribution in [0, 0.1) is 0 Å². The van der Waals surface area contributed by atoms with Gasteiger partial charge < -0.3 is 0 Å². The van der Waals surface area contributed by atoms with E-state index >= 15 is 0 Å². The van der Waals surface area contributed by atoms with Gasteiger partial charge in [-0.15, -0.1) is 0 Å². The molecule has 36 valence electrons. The van der Waals surface area contributed by atoms with Crippen LogP contribution in [0.3, 0.4) is 0 Å². The van der Waals surface area contributed by atoms with Crippen LogP contribution in [0.4, 0.5) is 0 Å². The molecule has 0 amide bonds. The van der Waals surface area contributed by atoms with Crippen molar-refractivity contribution in [3.63, 3.8) is 0 Å². The van der Waals surface area contributed by atoms with E-state index in [9.17, 15) is 0 Å². The number of halogens is 1. The predicted molar refractivity (Wildman–Crippen MR) is 34.5 cm³/mol. The van der Waals surface area contributed by atoms with Crippen LogP contribution in [-0.4, -0.2) is 6.13 Å². The van der Waals surface area contributed by atoms with Gasteiger partial charge in [-0.05, 0) is 6.42 Å². The number of hydrogen-bond acceptors (Lipinski definition) is 0. The minimum Gasteiger partial charge on any atom is -0.183 e. The first-order chi connectivity index (χ1) is 3.39. The average Bonchev–Trinajstić information content (AvgIpc) is 1.69. The third kappa shape index (κ3) is 1.40. The van der Waals surface area contributed by atoms with Crippen molar-refractivity contribution >= 4 is 17.6 Å². The minimum atomic E-state index is 0.147. The Kier molecular flexibility index (Phi) is 1.58. The van der Waals surface area contributed by atoms with Crippen molar-refractivity contribution in [3.05, 3.63) is 24.1 Å². The summed E-state index contributed by atoms with van der Waals surface area (Å²) in [6.07, 6.45) is 5.33. The second-order valence-corrected chi connectivity index (χ2v) is 2.04. The van der Waals surface area contributed by atoms with Gasteiger partial charge in [-0.3, -0.25) is 0 Å². The van der Waals surface area contributed by atoms with Gasteiger partial charge in [-0.2, -0.15) is 11.5 Å². The molecule has 0 bridgehead atoms. The quantitative estimate of drug-likeness (QED) is 0.419. The topological polar surface area (TPSA) is 0 Å². The molecule has 0 aromatic heterocycles. The van der Waals surface area contributed by atoms with Crippen LogP contribution in [0.15, 0.2) is 24.1 Å². The van der Waals surface area contributed by atoms with Gasteiger partial charge in [-0.25, -0.2) is 0 Å². The maximum atomic E-state index is 5.64. The molecule has 0 aliphatic carbocycles. The summed E-state index contributed by atoms with van der Waals surface area (Å²) in [4.78, 5) is 0. The lowest BCUT2D eigenvalue weighted by atomic mass is 9.73. The Hall–Kier alpha value is -0.165. The summed E-state index contributed by atoms with van der Waals surface area (Å²) in [5.74, 6) is 3.98. The van der Waals surface area contributed by atoms with Crippen molar-refractivity contribution in [2.24, 2.45) is 0 Å². The first-order valence-electron chi connectivity index (χ1n) is 2.37. The van der Waals surface area contributed by atoms with Crippen LogP contribution in [-0.2, 0) is 0 Å². The summed E-state index contributed by atoms with van der Waals surface area (Å²) in [5.41, 5.74) is 0. The first-order valence-corrected chi connectivity index (χ1v) is 2.80. The zero-order valence-electron chi connectivity index (χ0n) is 3.97. The molecule has 7 heavy (non-hydrogen) atoms. The third-order valence-electron chi connectivity index (χ3n) is 0.912. The molecule has 0 aromatic carbocycles. The highest BCUT2D eigenvalue weighted by Gasteiger charge is 1.99. The van der Waals surface area contributed by atoms with Crippen molar-refractivity contribution < 1.29 is 0 Å². The van der Waals surface area contributed by atoms with Crippen LogP contribution in [0.5, 0.6) is 0 Å². The fourth-order valence-corrected chi connectivity index (χ4v) is 0.766. The molecule has 1 heterocycles. The van der Waals surface area contributed by atoms with Crippen molar-refractivity contribution in [1.29, 1.82) is 0 Å². The van der Waals surface area contributed by atoms with Crippen LogP contribution in [0.25, 0.3) is 0 Å². The van der Waals surface area contributed by atoms with E-state index in [1.54, 1.807) is 0 Å². The minimum absolute atomic E-state index is 0.147. The fourth-order valence-electron chi connectivity index (χ4n) is 0.560. The standard InChI is InChI=1S/C5H6BCl/c7-6-4-2-1-3-5-6/h2-5H,1H2. The third-order valence-corrected chi connectivity index (χ3v) is 1.20. The van der Waals surface area contributed by atoms with Crippen LogP contribution < -0.4 is 0 Å². The lowest BCUT2D eigenvalue weighted by Gasteiger charge is -1.93. The van der Waals surface area contributed by atoms with Gasteiger partial charge in [0.1, 0.15) is 0 Å². The Bertz CT molecular complexity index is 94.6. The predicted octanol–water partition coefficient (Wildman–Crippen LogP) is 1.81. The lowest BCUT2D eigenvalue weighted by molar-refractivity contribution is 1.40. The number of hydrogen-bond donors (Lipinski definition) is 0. The largest absolute Gasteiger partial charge is 0.300 e. The molecule has 1 aliphatic heterocycles. The van der Waals surface area contributed by atoms with E-state index in [1.807, 2.05) is 12.0 Å². The van der Waals surface area contributed by atoms with E-state index in [0.717, 1.165) is 6.42 Å². The molecule has 0 atom stereocenters. The summed E-state index contributed by atoms with van der Waals surface area (Å²) in [6.45, 7) is 0. The summed E-state index contributed by atoms with van der Waals surface area (Å²) >= 11 is 5.64. The number of allylic oxidation sites excluding steroid dienone is 2. The average molecular weight is 112 g/mol. The second-order valence-electron chi connectivity index (χ2n) is 1.54. The van der Waals surface area contributed by atoms with E-state index in [-0.39, 0.29) is 6.13 Å². The van der Waals surface area contributed by atoms with Gasteiger partial charge in [0.15, 0.2) is 0 Å². The normalized spacial score (nSPS) is 18.1. The van der Waals surface area contributed by atoms with E-state index in [2.05, 4.69) is 12.2 Å². The van der Waals surface area contributed by atoms with E-state index in [1.165, 1.54) is 0 Å². The Morgan fingerprint density at radius 1 is 1.29 bits per heavy atom. The highest BCUT2D eigenvalue weighted by Crippen LogP contribution is 2.02. The molecule has 0 saturated carbocycles. The van der Waals surface area contributed by atoms with Crippen molar-refractivity contribution in [2.75, 3.05) is 0 Å². The van der Waals surface area contributed by atoms with Gasteiger partial charge in [0, 0.05) is 0 Å². The molecular formula is C5H6BCl. The molecule has 1 aliphatic rings. The van der Waals surface area contributed by atoms with Gasteiger partial charge >= 0.3 is 0 Å². The Morgan fingerprint density at radius 2 is 1.86 bits per heavy atom. The first kappa shape index (κ1) is 4.98. The van der Waals surface area contributed by atoms with Gasteiger partial charge in [0.2, 0.25) is 0 Å². The van der Waals surface area contributed by atoms with Crippen LogP contribution in [0.2, 0.25) is 0 Å². The smallest absolute Gasteiger partial charge is 0.183 e. The Balaban J connectivity index is 2.49. The Labute approximate surface area is 48.9 Å². The molecule has 0 radical (unpaired) electrons. The molecule has 0 N–H and O–H groups in total. The molecule has 0 aromatic rings. The lowest BCUT2D eigenvalue weighted by Crippen LogP contribution is -1.95. The summed E-state index contributed by atoms with van der Waals surface area (Å²) in [6, 6.07) is 0. The molecule has 1 rings (SSSR count). The van der Waals surface area contributed by atoms with Crippen molar-refractivity contribution in [3.8, 4) is 0 Å². The van der Waals surface area contributed by atoms with Gasteiger partial charge in [0.25, 0.3) is 6.13 Å². The molecule has 0 fully saturated rings. The Morgan fingerprint density at radius 3 is 2.14 bits per heavy atom. The van der Waals surface area contributed by atoms with E-state index in [0.29, 0.717) is 0 Å². The molecule has 0 nitrogen and oxygen atoms in total. The summed E-state index contributed by atoms with van der Waals surface area (Å²) in [7, 11) is 0. The fraction of sp³-hybridized carbons (Fsp3) is 0.200. The second kappa shape index (κ2) is 2.22. The number of rotatable bonds is 0. The summed E-state index contributed by atoms with van der Waals surface area (Å²) in [5, 5.41) is 0. The molecule has 0 saturated heterocycles.